The van der Waals surface area contributed by atoms with Crippen molar-refractivity contribution < 1.29 is 14.6 Å². The maximum absolute atomic E-state index is 11.5. The van der Waals surface area contributed by atoms with Gasteiger partial charge in [0.25, 0.3) is 0 Å². The van der Waals surface area contributed by atoms with Gasteiger partial charge in [0.05, 0.1) is 6.61 Å². The lowest BCUT2D eigenvalue weighted by Crippen LogP contribution is -2.44. The first-order chi connectivity index (χ1) is 8.68. The van der Waals surface area contributed by atoms with Gasteiger partial charge in [0.15, 0.2) is 0 Å². The average Bonchev–Trinajstić information content (AvgIpc) is 2.87. The minimum absolute atomic E-state index is 0.311. The van der Waals surface area contributed by atoms with E-state index in [4.69, 9.17) is 4.74 Å². The third-order valence-corrected chi connectivity index (χ3v) is 3.55. The zero-order valence-electron chi connectivity index (χ0n) is 10.6. The highest BCUT2D eigenvalue weighted by atomic mass is 16.5. The monoisotopic (exact) mass is 249 g/mol. The van der Waals surface area contributed by atoms with Crippen LogP contribution in [0.15, 0.2) is 30.3 Å². The Bertz CT molecular complexity index is 399. The number of benzene rings is 1. The molecule has 1 aliphatic heterocycles. The van der Waals surface area contributed by atoms with Gasteiger partial charge in [-0.2, -0.15) is 0 Å². The molecular weight excluding hydrogens is 230 g/mol. The molecule has 98 valence electrons. The number of hydrogen-bond acceptors (Lipinski definition) is 3. The number of hydrogen-bond donors (Lipinski definition) is 1. The number of aliphatic carboxylic acids is 1. The summed E-state index contributed by atoms with van der Waals surface area (Å²) in [6.45, 7) is 4.19. The molecule has 0 aliphatic carbocycles. The van der Waals surface area contributed by atoms with E-state index < -0.39 is 11.4 Å². The van der Waals surface area contributed by atoms with E-state index in [0.717, 1.165) is 12.2 Å². The molecule has 0 radical (unpaired) electrons. The minimum atomic E-state index is -0.758. The lowest BCUT2D eigenvalue weighted by atomic mass is 9.86. The van der Waals surface area contributed by atoms with E-state index in [1.54, 1.807) is 0 Å². The lowest BCUT2D eigenvalue weighted by Gasteiger charge is -2.32. The van der Waals surface area contributed by atoms with Crippen LogP contribution in [0, 0.1) is 5.41 Å². The first-order valence-corrected chi connectivity index (χ1v) is 6.29. The van der Waals surface area contributed by atoms with Crippen LogP contribution in [0.5, 0.6) is 0 Å². The molecule has 1 heterocycles. The molecule has 0 saturated carbocycles. The number of carboxylic acid groups (broad SMARTS) is 1. The normalized spacial score (nSPS) is 22.9. The van der Waals surface area contributed by atoms with Crippen molar-refractivity contribution in [3.8, 4) is 0 Å². The van der Waals surface area contributed by atoms with E-state index >= 15 is 0 Å². The Morgan fingerprint density at radius 2 is 2.17 bits per heavy atom. The summed E-state index contributed by atoms with van der Waals surface area (Å²) >= 11 is 0. The van der Waals surface area contributed by atoms with Crippen molar-refractivity contribution in [2.24, 2.45) is 5.41 Å². The zero-order valence-corrected chi connectivity index (χ0v) is 10.6. The van der Waals surface area contributed by atoms with E-state index in [1.165, 1.54) is 0 Å². The van der Waals surface area contributed by atoms with Crippen LogP contribution in [0.25, 0.3) is 0 Å². The van der Waals surface area contributed by atoms with Crippen LogP contribution >= 0.6 is 0 Å². The van der Waals surface area contributed by atoms with E-state index in [9.17, 15) is 9.90 Å². The molecule has 1 aliphatic rings. The van der Waals surface area contributed by atoms with Crippen molar-refractivity contribution >= 4 is 11.7 Å². The number of ether oxygens (including phenoxy) is 1. The standard InChI is InChI=1S/C14H19NO3/c1-2-15(12-6-4-3-5-7-12)10-14(13(16)17)8-9-18-11-14/h3-7H,2,8-11H2,1H3,(H,16,17). The summed E-state index contributed by atoms with van der Waals surface area (Å²) in [5.41, 5.74) is 0.304. The molecule has 1 atom stereocenters. The smallest absolute Gasteiger partial charge is 0.313 e. The van der Waals surface area contributed by atoms with Gasteiger partial charge in [0.1, 0.15) is 5.41 Å². The Morgan fingerprint density at radius 1 is 1.44 bits per heavy atom. The number of carbonyl (C=O) groups is 1. The van der Waals surface area contributed by atoms with E-state index in [0.29, 0.717) is 26.2 Å². The van der Waals surface area contributed by atoms with Crippen LogP contribution < -0.4 is 4.90 Å². The average molecular weight is 249 g/mol. The van der Waals surface area contributed by atoms with Gasteiger partial charge in [0, 0.05) is 25.4 Å². The summed E-state index contributed by atoms with van der Waals surface area (Å²) in [5, 5.41) is 9.45. The maximum Gasteiger partial charge on any atom is 0.313 e. The zero-order chi connectivity index (χ0) is 13.0. The third-order valence-electron chi connectivity index (χ3n) is 3.55. The Hall–Kier alpha value is -1.55. The van der Waals surface area contributed by atoms with Gasteiger partial charge in [-0.15, -0.1) is 0 Å². The second-order valence-corrected chi connectivity index (χ2v) is 4.74. The van der Waals surface area contributed by atoms with Crippen molar-refractivity contribution in [1.82, 2.24) is 0 Å². The van der Waals surface area contributed by atoms with Gasteiger partial charge in [-0.25, -0.2) is 0 Å². The van der Waals surface area contributed by atoms with Crippen LogP contribution in [0.2, 0.25) is 0 Å². The topological polar surface area (TPSA) is 49.8 Å². The van der Waals surface area contributed by atoms with Crippen molar-refractivity contribution in [2.45, 2.75) is 13.3 Å². The summed E-state index contributed by atoms with van der Waals surface area (Å²) in [6, 6.07) is 9.92. The number of anilines is 1. The van der Waals surface area contributed by atoms with E-state index in [2.05, 4.69) is 4.90 Å². The van der Waals surface area contributed by atoms with Crippen molar-refractivity contribution in [3.63, 3.8) is 0 Å². The van der Waals surface area contributed by atoms with Crippen LogP contribution in [0.1, 0.15) is 13.3 Å². The Labute approximate surface area is 107 Å². The Balaban J connectivity index is 2.17. The maximum atomic E-state index is 11.5. The number of nitrogens with zero attached hydrogens (tertiary/aromatic N) is 1. The molecular formula is C14H19NO3. The molecule has 18 heavy (non-hydrogen) atoms. The third kappa shape index (κ3) is 2.48. The van der Waals surface area contributed by atoms with Gasteiger partial charge in [-0.1, -0.05) is 18.2 Å². The second kappa shape index (κ2) is 5.40. The van der Waals surface area contributed by atoms with Crippen LogP contribution in [-0.4, -0.2) is 37.4 Å². The van der Waals surface area contributed by atoms with Crippen molar-refractivity contribution in [1.29, 1.82) is 0 Å². The molecule has 0 amide bonds. The van der Waals surface area contributed by atoms with Gasteiger partial charge in [-0.3, -0.25) is 4.79 Å². The second-order valence-electron chi connectivity index (χ2n) is 4.74. The van der Waals surface area contributed by atoms with Gasteiger partial charge in [0.2, 0.25) is 0 Å². The summed E-state index contributed by atoms with van der Waals surface area (Å²) in [6.07, 6.45) is 0.589. The molecule has 2 rings (SSSR count). The largest absolute Gasteiger partial charge is 0.481 e. The molecule has 0 spiro atoms. The fourth-order valence-electron chi connectivity index (χ4n) is 2.36. The molecule has 1 aromatic rings. The molecule has 0 aromatic heterocycles. The van der Waals surface area contributed by atoms with Crippen LogP contribution in [0.4, 0.5) is 5.69 Å². The summed E-state index contributed by atoms with van der Waals surface area (Å²) in [4.78, 5) is 13.6. The predicted octanol–water partition coefficient (Wildman–Crippen LogP) is 2.00. The fourth-order valence-corrected chi connectivity index (χ4v) is 2.36. The lowest BCUT2D eigenvalue weighted by molar-refractivity contribution is -0.148. The molecule has 4 nitrogen and oxygen atoms in total. The Morgan fingerprint density at radius 3 is 2.67 bits per heavy atom. The summed E-state index contributed by atoms with van der Waals surface area (Å²) < 4.78 is 5.30. The molecule has 4 heteroatoms. The van der Waals surface area contributed by atoms with Gasteiger partial charge >= 0.3 is 5.97 Å². The fraction of sp³-hybridized carbons (Fsp3) is 0.500. The van der Waals surface area contributed by atoms with E-state index in [-0.39, 0.29) is 0 Å². The quantitative estimate of drug-likeness (QED) is 0.867. The van der Waals surface area contributed by atoms with Gasteiger partial charge in [-0.05, 0) is 25.5 Å². The van der Waals surface area contributed by atoms with Crippen molar-refractivity contribution in [2.75, 3.05) is 31.2 Å². The number of rotatable bonds is 5. The Kier molecular flexibility index (Phi) is 3.87. The minimum Gasteiger partial charge on any atom is -0.481 e. The first kappa shape index (κ1) is 12.9. The summed E-state index contributed by atoms with van der Waals surface area (Å²) in [5.74, 6) is -0.755. The predicted molar refractivity (Wildman–Crippen MR) is 69.8 cm³/mol. The first-order valence-electron chi connectivity index (χ1n) is 6.29. The van der Waals surface area contributed by atoms with Gasteiger partial charge < -0.3 is 14.7 Å². The highest BCUT2D eigenvalue weighted by Crippen LogP contribution is 2.31. The molecule has 1 unspecified atom stereocenters. The highest BCUT2D eigenvalue weighted by Gasteiger charge is 2.43. The molecule has 1 aromatic carbocycles. The van der Waals surface area contributed by atoms with Crippen LogP contribution in [-0.2, 0) is 9.53 Å². The molecule has 0 bridgehead atoms. The molecule has 1 fully saturated rings. The summed E-state index contributed by atoms with van der Waals surface area (Å²) in [7, 11) is 0. The highest BCUT2D eigenvalue weighted by molar-refractivity contribution is 5.76. The molecule has 1 N–H and O–H groups in total. The SMILES string of the molecule is CCN(CC1(C(=O)O)CCOC1)c1ccccc1. The van der Waals surface area contributed by atoms with Crippen molar-refractivity contribution in [3.05, 3.63) is 30.3 Å². The number of carboxylic acids is 1. The van der Waals surface area contributed by atoms with Crippen LogP contribution in [0.3, 0.4) is 0 Å². The number of para-hydroxylation sites is 1. The van der Waals surface area contributed by atoms with E-state index in [1.807, 2.05) is 37.3 Å². The molecule has 1 saturated heterocycles.